The Morgan fingerprint density at radius 3 is 2.18 bits per heavy atom. The van der Waals surface area contributed by atoms with Gasteiger partial charge in [0, 0.05) is 6.61 Å². The quantitative estimate of drug-likeness (QED) is 0.665. The number of halogens is 1. The fourth-order valence-electron chi connectivity index (χ4n) is 0.917. The summed E-state index contributed by atoms with van der Waals surface area (Å²) in [5.41, 5.74) is 0. The molecule has 1 nitrogen and oxygen atoms in total. The Kier molecular flexibility index (Phi) is 22.2. The molecule has 0 radical (unpaired) electrons. The monoisotopic (exact) mass is 192 g/mol. The molecule has 0 aliphatic heterocycles. The molecule has 0 aromatic heterocycles. The van der Waals surface area contributed by atoms with Gasteiger partial charge in [-0.15, -0.1) is 12.4 Å². The third kappa shape index (κ3) is 11.0. The molecule has 0 aliphatic carbocycles. The number of aliphatic hydroxyl groups excluding tert-OH is 1. The molecule has 0 rings (SSSR count). The summed E-state index contributed by atoms with van der Waals surface area (Å²) in [5.74, 6) is 0.560. The van der Waals surface area contributed by atoms with Crippen molar-refractivity contribution in [2.45, 2.75) is 39.5 Å². The van der Waals surface area contributed by atoms with Crippen molar-refractivity contribution in [1.29, 1.82) is 0 Å². The van der Waals surface area contributed by atoms with Gasteiger partial charge in [0.25, 0.3) is 0 Å². The fraction of sp³-hybridized carbons (Fsp3) is 1.00. The summed E-state index contributed by atoms with van der Waals surface area (Å²) in [4.78, 5) is 0. The summed E-state index contributed by atoms with van der Waals surface area (Å²) in [6, 6.07) is 0. The van der Waals surface area contributed by atoms with Crippen LogP contribution in [-0.4, -0.2) is 34.8 Å². The van der Waals surface area contributed by atoms with Gasteiger partial charge >= 0.3 is 23.1 Å². The minimum Gasteiger partial charge on any atom is -1.00 e. The minimum absolute atomic E-state index is 0. The Hall–Kier alpha value is 1.02. The van der Waals surface area contributed by atoms with Gasteiger partial charge in [0.05, 0.1) is 0 Å². The second-order valence-electron chi connectivity index (χ2n) is 2.60. The molecule has 0 bridgehead atoms. The van der Waals surface area contributed by atoms with Crippen molar-refractivity contribution in [3.63, 3.8) is 0 Å². The molecule has 3 heteroatoms. The molecule has 1 atom stereocenters. The van der Waals surface area contributed by atoms with Crippen molar-refractivity contribution in [2.75, 3.05) is 6.61 Å². The Bertz CT molecular complexity index is 66.1. The predicted octanol–water partition coefficient (Wildman–Crippen LogP) is 2.46. The molecule has 0 aliphatic rings. The van der Waals surface area contributed by atoms with Crippen LogP contribution >= 0.6 is 12.4 Å². The molecule has 0 aromatic rings. The van der Waals surface area contributed by atoms with Crippen LogP contribution in [0.25, 0.3) is 0 Å². The van der Waals surface area contributed by atoms with E-state index >= 15 is 0 Å². The molecule has 0 amide bonds. The van der Waals surface area contributed by atoms with Gasteiger partial charge in [-0.05, 0) is 12.3 Å². The van der Waals surface area contributed by atoms with E-state index in [4.69, 9.17) is 5.11 Å². The molecule has 1 unspecified atom stereocenters. The summed E-state index contributed by atoms with van der Waals surface area (Å²) < 4.78 is 0. The number of rotatable bonds is 5. The Labute approximate surface area is 95.5 Å². The number of hydrogen-bond donors (Lipinski definition) is 1. The topological polar surface area (TPSA) is 20.2 Å². The standard InChI is InChI=1S/C8H18O.ClH.Mg.2H/c1-3-5-6-8(4-2)7-9;;;;/h8-9H,3-7H2,1-2H3;1H;;;/q;;+2;2*-1. The third-order valence-electron chi connectivity index (χ3n) is 1.80. The van der Waals surface area contributed by atoms with Crippen molar-refractivity contribution in [3.05, 3.63) is 0 Å². The van der Waals surface area contributed by atoms with E-state index in [0.29, 0.717) is 12.5 Å². The zero-order chi connectivity index (χ0) is 7.11. The van der Waals surface area contributed by atoms with E-state index in [9.17, 15) is 0 Å². The van der Waals surface area contributed by atoms with E-state index in [1.165, 1.54) is 19.3 Å². The van der Waals surface area contributed by atoms with Gasteiger partial charge in [-0.1, -0.05) is 33.1 Å². The van der Waals surface area contributed by atoms with Crippen molar-refractivity contribution in [3.8, 4) is 0 Å². The SMILES string of the molecule is CCCCC(CC)CO.Cl.[H-].[H-].[Mg+2]. The smallest absolute Gasteiger partial charge is 1.00 e. The minimum atomic E-state index is 0. The maximum absolute atomic E-state index is 8.75. The van der Waals surface area contributed by atoms with Crippen LogP contribution in [-0.2, 0) is 0 Å². The van der Waals surface area contributed by atoms with Gasteiger partial charge in [-0.3, -0.25) is 0 Å². The molecule has 11 heavy (non-hydrogen) atoms. The first-order chi connectivity index (χ1) is 4.35. The Morgan fingerprint density at radius 1 is 1.36 bits per heavy atom. The van der Waals surface area contributed by atoms with Gasteiger partial charge < -0.3 is 7.96 Å². The average Bonchev–Trinajstić information content (AvgIpc) is 1.91. The number of unbranched alkanes of at least 4 members (excludes halogenated alkanes) is 1. The molecule has 0 spiro atoms. The van der Waals surface area contributed by atoms with Crippen molar-refractivity contribution in [1.82, 2.24) is 0 Å². The molecular weight excluding hydrogens is 172 g/mol. The van der Waals surface area contributed by atoms with E-state index in [-0.39, 0.29) is 38.3 Å². The Balaban J connectivity index is -0.0000000533. The van der Waals surface area contributed by atoms with E-state index in [2.05, 4.69) is 13.8 Å². The molecule has 0 saturated heterocycles. The van der Waals surface area contributed by atoms with Crippen LogP contribution in [0.15, 0.2) is 0 Å². The van der Waals surface area contributed by atoms with Crippen molar-refractivity contribution < 1.29 is 7.96 Å². The summed E-state index contributed by atoms with van der Waals surface area (Å²) in [6.07, 6.45) is 4.83. The molecule has 1 N–H and O–H groups in total. The normalized spacial score (nSPS) is 11.2. The van der Waals surface area contributed by atoms with E-state index < -0.39 is 0 Å². The maximum atomic E-state index is 8.75. The number of hydrogen-bond acceptors (Lipinski definition) is 1. The molecule has 68 valence electrons. The summed E-state index contributed by atoms with van der Waals surface area (Å²) in [6.45, 7) is 4.69. The fourth-order valence-corrected chi connectivity index (χ4v) is 0.917. The number of aliphatic hydroxyl groups is 1. The van der Waals surface area contributed by atoms with Gasteiger partial charge in [0.1, 0.15) is 0 Å². The maximum Gasteiger partial charge on any atom is 2.00 e. The molecule has 0 heterocycles. The second kappa shape index (κ2) is 13.6. The molecule has 0 aromatic carbocycles. The average molecular weight is 193 g/mol. The zero-order valence-electron chi connectivity index (χ0n) is 9.68. The Morgan fingerprint density at radius 2 is 1.91 bits per heavy atom. The van der Waals surface area contributed by atoms with E-state index in [0.717, 1.165) is 6.42 Å². The third-order valence-corrected chi connectivity index (χ3v) is 1.80. The molecular formula is C8H21ClMgO. The first-order valence-electron chi connectivity index (χ1n) is 3.96. The van der Waals surface area contributed by atoms with Crippen LogP contribution in [0.4, 0.5) is 0 Å². The predicted molar refractivity (Wildman–Crippen MR) is 55.6 cm³/mol. The van der Waals surface area contributed by atoms with Crippen molar-refractivity contribution >= 4 is 35.5 Å². The first kappa shape index (κ1) is 17.9. The van der Waals surface area contributed by atoms with Gasteiger partial charge in [-0.25, -0.2) is 0 Å². The van der Waals surface area contributed by atoms with Crippen LogP contribution in [0.3, 0.4) is 0 Å². The molecule has 0 fully saturated rings. The van der Waals surface area contributed by atoms with Crippen LogP contribution in [0.5, 0.6) is 0 Å². The van der Waals surface area contributed by atoms with Crippen molar-refractivity contribution in [2.24, 2.45) is 5.92 Å². The van der Waals surface area contributed by atoms with Crippen LogP contribution < -0.4 is 0 Å². The second-order valence-corrected chi connectivity index (χ2v) is 2.60. The zero-order valence-corrected chi connectivity index (χ0v) is 9.91. The van der Waals surface area contributed by atoms with Crippen LogP contribution in [0.1, 0.15) is 42.4 Å². The van der Waals surface area contributed by atoms with Gasteiger partial charge in [-0.2, -0.15) is 0 Å². The summed E-state index contributed by atoms with van der Waals surface area (Å²) >= 11 is 0. The van der Waals surface area contributed by atoms with E-state index in [1.807, 2.05) is 0 Å². The van der Waals surface area contributed by atoms with Crippen LogP contribution in [0, 0.1) is 5.92 Å². The molecule has 0 saturated carbocycles. The first-order valence-corrected chi connectivity index (χ1v) is 3.96. The van der Waals surface area contributed by atoms with Crippen LogP contribution in [0.2, 0.25) is 0 Å². The largest absolute Gasteiger partial charge is 2.00 e. The van der Waals surface area contributed by atoms with Gasteiger partial charge in [0.15, 0.2) is 0 Å². The summed E-state index contributed by atoms with van der Waals surface area (Å²) in [7, 11) is 0. The van der Waals surface area contributed by atoms with E-state index in [1.54, 1.807) is 0 Å². The summed E-state index contributed by atoms with van der Waals surface area (Å²) in [5, 5.41) is 8.75. The van der Waals surface area contributed by atoms with Gasteiger partial charge in [0.2, 0.25) is 0 Å².